The molecule has 0 amide bonds. The molecule has 2 aromatic rings. The van der Waals surface area contributed by atoms with Crippen LogP contribution in [0, 0.1) is 0 Å². The lowest BCUT2D eigenvalue weighted by Crippen LogP contribution is -2.41. The molecule has 140 valence electrons. The Labute approximate surface area is 164 Å². The van der Waals surface area contributed by atoms with Crippen molar-refractivity contribution < 1.29 is 13.2 Å². The monoisotopic (exact) mass is 437 g/mol. The summed E-state index contributed by atoms with van der Waals surface area (Å²) in [5, 5.41) is 3.24. The average Bonchev–Trinajstić information content (AvgIpc) is 2.59. The molecule has 0 fully saturated rings. The van der Waals surface area contributed by atoms with Crippen LogP contribution in [0.2, 0.25) is 0 Å². The molecule has 2 aromatic carbocycles. The van der Waals surface area contributed by atoms with E-state index in [1.807, 2.05) is 38.1 Å². The first-order valence-electron chi connectivity index (χ1n) is 8.72. The molecule has 0 saturated heterocycles. The van der Waals surface area contributed by atoms with Gasteiger partial charge in [0.05, 0.1) is 5.88 Å². The van der Waals surface area contributed by atoms with Gasteiger partial charge in [0.15, 0.2) is 9.84 Å². The molecule has 0 radical (unpaired) electrons. The van der Waals surface area contributed by atoms with Gasteiger partial charge in [0, 0.05) is 28.3 Å². The van der Waals surface area contributed by atoms with Gasteiger partial charge in [0.1, 0.15) is 11.4 Å². The summed E-state index contributed by atoms with van der Waals surface area (Å²) in [5.74, 6) is 0.929. The second-order valence-corrected chi connectivity index (χ2v) is 10.5. The molecule has 1 heterocycles. The summed E-state index contributed by atoms with van der Waals surface area (Å²) in [6, 6.07) is 14.2. The number of halogens is 1. The van der Waals surface area contributed by atoms with Crippen LogP contribution < -0.4 is 10.1 Å². The maximum Gasteiger partial charge on any atom is 0.162 e. The Bertz CT molecular complexity index is 892. The standard InChI is InChI=1S/C20H24BrNO3S/c1-4-26(23,24)13-22-18-12-20(2,3)25-19-10-7-15(11-17(18)19)14-5-8-16(21)9-6-14/h5-11,18,22H,4,12-13H2,1-3H3. The van der Waals surface area contributed by atoms with Crippen LogP contribution in [0.15, 0.2) is 46.9 Å². The second kappa shape index (κ2) is 7.33. The third kappa shape index (κ3) is 4.48. The molecular formula is C20H24BrNO3S. The number of benzene rings is 2. The zero-order valence-electron chi connectivity index (χ0n) is 15.3. The van der Waals surface area contributed by atoms with E-state index in [1.54, 1.807) is 6.92 Å². The molecule has 6 heteroatoms. The average molecular weight is 438 g/mol. The van der Waals surface area contributed by atoms with Crippen LogP contribution in [0.3, 0.4) is 0 Å². The lowest BCUT2D eigenvalue weighted by atomic mass is 9.88. The fraction of sp³-hybridized carbons (Fsp3) is 0.400. The number of nitrogens with one attached hydrogen (secondary N) is 1. The Kier molecular flexibility index (Phi) is 5.47. The van der Waals surface area contributed by atoms with Crippen LogP contribution in [-0.4, -0.2) is 25.6 Å². The summed E-state index contributed by atoms with van der Waals surface area (Å²) < 4.78 is 31.0. The zero-order valence-corrected chi connectivity index (χ0v) is 17.7. The summed E-state index contributed by atoms with van der Waals surface area (Å²) in [4.78, 5) is 0. The molecule has 0 spiro atoms. The van der Waals surface area contributed by atoms with Gasteiger partial charge in [0.25, 0.3) is 0 Å². The highest BCUT2D eigenvalue weighted by Gasteiger charge is 2.34. The van der Waals surface area contributed by atoms with Crippen molar-refractivity contribution in [1.29, 1.82) is 0 Å². The van der Waals surface area contributed by atoms with Crippen LogP contribution in [0.5, 0.6) is 5.75 Å². The lowest BCUT2D eigenvalue weighted by Gasteiger charge is -2.38. The number of sulfone groups is 1. The fourth-order valence-electron chi connectivity index (χ4n) is 3.19. The molecule has 1 aliphatic heterocycles. The summed E-state index contributed by atoms with van der Waals surface area (Å²) in [6.45, 7) is 5.73. The third-order valence-electron chi connectivity index (χ3n) is 4.63. The van der Waals surface area contributed by atoms with Gasteiger partial charge in [-0.1, -0.05) is 41.1 Å². The van der Waals surface area contributed by atoms with E-state index in [9.17, 15) is 8.42 Å². The molecule has 1 unspecified atom stereocenters. The molecule has 0 aliphatic carbocycles. The van der Waals surface area contributed by atoms with Gasteiger partial charge in [-0.3, -0.25) is 5.32 Å². The quantitative estimate of drug-likeness (QED) is 0.736. The van der Waals surface area contributed by atoms with Crippen molar-refractivity contribution in [3.8, 4) is 16.9 Å². The number of hydrogen-bond acceptors (Lipinski definition) is 4. The van der Waals surface area contributed by atoms with E-state index in [2.05, 4.69) is 39.4 Å². The normalized spacial score (nSPS) is 18.8. The summed E-state index contributed by atoms with van der Waals surface area (Å²) in [5.41, 5.74) is 2.86. The van der Waals surface area contributed by atoms with Gasteiger partial charge in [-0.05, 0) is 49.2 Å². The highest BCUT2D eigenvalue weighted by Crippen LogP contribution is 2.41. The predicted molar refractivity (Wildman–Crippen MR) is 109 cm³/mol. The van der Waals surface area contributed by atoms with Crippen LogP contribution in [0.25, 0.3) is 11.1 Å². The number of ether oxygens (including phenoxy) is 1. The topological polar surface area (TPSA) is 55.4 Å². The van der Waals surface area contributed by atoms with E-state index in [0.717, 1.165) is 26.9 Å². The molecule has 1 aliphatic rings. The number of hydrogen-bond donors (Lipinski definition) is 1. The summed E-state index contributed by atoms with van der Waals surface area (Å²) in [6.07, 6.45) is 0.711. The Morgan fingerprint density at radius 2 is 1.81 bits per heavy atom. The maximum atomic E-state index is 11.9. The third-order valence-corrected chi connectivity index (χ3v) is 6.65. The molecule has 0 bridgehead atoms. The summed E-state index contributed by atoms with van der Waals surface area (Å²) in [7, 11) is -3.08. The minimum Gasteiger partial charge on any atom is -0.487 e. The van der Waals surface area contributed by atoms with Gasteiger partial charge in [-0.25, -0.2) is 8.42 Å². The van der Waals surface area contributed by atoms with Crippen LogP contribution >= 0.6 is 15.9 Å². The van der Waals surface area contributed by atoms with Gasteiger partial charge in [0.2, 0.25) is 0 Å². The van der Waals surface area contributed by atoms with E-state index in [0.29, 0.717) is 6.42 Å². The zero-order chi connectivity index (χ0) is 18.9. The van der Waals surface area contributed by atoms with E-state index in [1.165, 1.54) is 0 Å². The predicted octanol–water partition coefficient (Wildman–Crippen LogP) is 4.70. The SMILES string of the molecule is CCS(=O)(=O)CNC1CC(C)(C)Oc2ccc(-c3ccc(Br)cc3)cc21. The fourth-order valence-corrected chi connectivity index (χ4v) is 4.11. The highest BCUT2D eigenvalue weighted by molar-refractivity contribution is 9.10. The number of rotatable bonds is 5. The Morgan fingerprint density at radius 1 is 1.15 bits per heavy atom. The largest absolute Gasteiger partial charge is 0.487 e. The first-order chi connectivity index (χ1) is 12.2. The van der Waals surface area contributed by atoms with Crippen molar-refractivity contribution in [2.45, 2.75) is 38.8 Å². The number of fused-ring (bicyclic) bond motifs is 1. The van der Waals surface area contributed by atoms with E-state index >= 15 is 0 Å². The van der Waals surface area contributed by atoms with E-state index in [4.69, 9.17) is 4.74 Å². The van der Waals surface area contributed by atoms with Crippen molar-refractivity contribution in [2.24, 2.45) is 0 Å². The minimum absolute atomic E-state index is 0.0216. The first kappa shape index (κ1) is 19.4. The smallest absolute Gasteiger partial charge is 0.162 e. The Morgan fingerprint density at radius 3 is 2.46 bits per heavy atom. The Balaban J connectivity index is 1.95. The minimum atomic E-state index is -3.08. The van der Waals surface area contributed by atoms with Crippen molar-refractivity contribution in [2.75, 3.05) is 11.6 Å². The van der Waals surface area contributed by atoms with Crippen molar-refractivity contribution >= 4 is 25.8 Å². The molecule has 1 N–H and O–H groups in total. The van der Waals surface area contributed by atoms with Crippen molar-refractivity contribution in [3.05, 3.63) is 52.5 Å². The van der Waals surface area contributed by atoms with Gasteiger partial charge < -0.3 is 4.74 Å². The molecule has 0 saturated carbocycles. The van der Waals surface area contributed by atoms with Crippen LogP contribution in [0.1, 0.15) is 38.8 Å². The molecular weight excluding hydrogens is 414 g/mol. The highest BCUT2D eigenvalue weighted by atomic mass is 79.9. The molecule has 26 heavy (non-hydrogen) atoms. The molecule has 4 nitrogen and oxygen atoms in total. The Hall–Kier alpha value is -1.37. The van der Waals surface area contributed by atoms with Crippen molar-refractivity contribution in [3.63, 3.8) is 0 Å². The second-order valence-electron chi connectivity index (χ2n) is 7.26. The van der Waals surface area contributed by atoms with Gasteiger partial charge in [-0.2, -0.15) is 0 Å². The first-order valence-corrected chi connectivity index (χ1v) is 11.3. The van der Waals surface area contributed by atoms with Gasteiger partial charge in [-0.15, -0.1) is 0 Å². The van der Waals surface area contributed by atoms with Crippen LogP contribution in [-0.2, 0) is 9.84 Å². The van der Waals surface area contributed by atoms with Crippen molar-refractivity contribution in [1.82, 2.24) is 5.32 Å². The maximum absolute atomic E-state index is 11.9. The lowest BCUT2D eigenvalue weighted by molar-refractivity contribution is 0.0671. The molecule has 1 atom stereocenters. The van der Waals surface area contributed by atoms with Crippen LogP contribution in [0.4, 0.5) is 0 Å². The summed E-state index contributed by atoms with van der Waals surface area (Å²) >= 11 is 3.46. The molecule has 0 aromatic heterocycles. The van der Waals surface area contributed by atoms with E-state index in [-0.39, 0.29) is 23.3 Å². The van der Waals surface area contributed by atoms with E-state index < -0.39 is 9.84 Å². The molecule has 3 rings (SSSR count). The van der Waals surface area contributed by atoms with Gasteiger partial charge >= 0.3 is 0 Å².